The van der Waals surface area contributed by atoms with Crippen LogP contribution in [0.2, 0.25) is 0 Å². The molecule has 1 N–H and O–H groups in total. The highest BCUT2D eigenvalue weighted by molar-refractivity contribution is 5.35. The van der Waals surface area contributed by atoms with E-state index >= 15 is 0 Å². The number of allylic oxidation sites excluding steroid dienone is 2. The molecule has 0 radical (unpaired) electrons. The van der Waals surface area contributed by atoms with Crippen LogP contribution in [0.25, 0.3) is 0 Å². The first-order chi connectivity index (χ1) is 5.70. The SMILES string of the molecule is C/C=C/C1C(=C=C(C)C)C1CO. The molecule has 1 fully saturated rings. The Morgan fingerprint density at radius 1 is 1.58 bits per heavy atom. The summed E-state index contributed by atoms with van der Waals surface area (Å²) < 4.78 is 0. The topological polar surface area (TPSA) is 20.2 Å². The molecule has 0 saturated heterocycles. The van der Waals surface area contributed by atoms with E-state index in [1.165, 1.54) is 11.1 Å². The fourth-order valence-corrected chi connectivity index (χ4v) is 1.46. The zero-order valence-corrected chi connectivity index (χ0v) is 7.96. The Balaban J connectivity index is 2.78. The molecule has 1 aliphatic carbocycles. The summed E-state index contributed by atoms with van der Waals surface area (Å²) in [5, 5.41) is 8.98. The Morgan fingerprint density at radius 2 is 2.25 bits per heavy atom. The highest BCUT2D eigenvalue weighted by atomic mass is 16.3. The molecule has 0 aromatic carbocycles. The minimum Gasteiger partial charge on any atom is -0.396 e. The van der Waals surface area contributed by atoms with Gasteiger partial charge in [-0.3, -0.25) is 0 Å². The van der Waals surface area contributed by atoms with Crippen molar-refractivity contribution in [2.45, 2.75) is 20.8 Å². The average molecular weight is 164 g/mol. The molecule has 2 atom stereocenters. The van der Waals surface area contributed by atoms with Gasteiger partial charge in [0.25, 0.3) is 0 Å². The highest BCUT2D eigenvalue weighted by Gasteiger charge is 2.41. The van der Waals surface area contributed by atoms with E-state index in [2.05, 4.69) is 11.8 Å². The van der Waals surface area contributed by atoms with Crippen molar-refractivity contribution in [3.8, 4) is 0 Å². The van der Waals surface area contributed by atoms with Crippen LogP contribution in [0.5, 0.6) is 0 Å². The second kappa shape index (κ2) is 3.75. The summed E-state index contributed by atoms with van der Waals surface area (Å²) in [6.45, 7) is 6.33. The van der Waals surface area contributed by atoms with Crippen LogP contribution in [0.1, 0.15) is 20.8 Å². The van der Waals surface area contributed by atoms with Crippen LogP contribution in [-0.4, -0.2) is 11.7 Å². The molecule has 1 saturated carbocycles. The van der Waals surface area contributed by atoms with Crippen LogP contribution in [-0.2, 0) is 0 Å². The Kier molecular flexibility index (Phi) is 2.91. The molecule has 0 aliphatic heterocycles. The molecule has 1 nitrogen and oxygen atoms in total. The molecular formula is C11H16O. The van der Waals surface area contributed by atoms with Gasteiger partial charge in [-0.25, -0.2) is 0 Å². The van der Waals surface area contributed by atoms with Gasteiger partial charge in [0.15, 0.2) is 0 Å². The van der Waals surface area contributed by atoms with Gasteiger partial charge < -0.3 is 5.11 Å². The molecule has 0 aromatic heterocycles. The Bertz CT molecular complexity index is 250. The maximum atomic E-state index is 8.98. The van der Waals surface area contributed by atoms with Crippen LogP contribution in [0, 0.1) is 11.8 Å². The molecule has 66 valence electrons. The van der Waals surface area contributed by atoms with E-state index in [0.29, 0.717) is 11.8 Å². The molecule has 1 heteroatoms. The summed E-state index contributed by atoms with van der Waals surface area (Å²) >= 11 is 0. The van der Waals surface area contributed by atoms with Gasteiger partial charge in [-0.15, -0.1) is 5.73 Å². The lowest BCUT2D eigenvalue weighted by Crippen LogP contribution is -1.85. The first-order valence-electron chi connectivity index (χ1n) is 4.38. The van der Waals surface area contributed by atoms with E-state index in [1.807, 2.05) is 26.8 Å². The van der Waals surface area contributed by atoms with Crippen molar-refractivity contribution in [1.29, 1.82) is 0 Å². The van der Waals surface area contributed by atoms with E-state index in [0.717, 1.165) is 0 Å². The van der Waals surface area contributed by atoms with Gasteiger partial charge in [0.05, 0.1) is 6.61 Å². The summed E-state index contributed by atoms with van der Waals surface area (Å²) in [6, 6.07) is 0. The number of hydrogen-bond acceptors (Lipinski definition) is 1. The van der Waals surface area contributed by atoms with Gasteiger partial charge in [-0.1, -0.05) is 12.2 Å². The highest BCUT2D eigenvalue weighted by Crippen LogP contribution is 2.45. The minimum absolute atomic E-state index is 0.255. The maximum Gasteiger partial charge on any atom is 0.0511 e. The average Bonchev–Trinajstić information content (AvgIpc) is 2.62. The van der Waals surface area contributed by atoms with Gasteiger partial charge in [0.1, 0.15) is 0 Å². The first-order valence-corrected chi connectivity index (χ1v) is 4.38. The van der Waals surface area contributed by atoms with E-state index in [4.69, 9.17) is 5.11 Å². The van der Waals surface area contributed by atoms with Crippen molar-refractivity contribution >= 4 is 0 Å². The summed E-state index contributed by atoms with van der Waals surface area (Å²) in [5.41, 5.74) is 5.72. The molecule has 0 amide bonds. The molecule has 1 rings (SSSR count). The van der Waals surface area contributed by atoms with Crippen molar-refractivity contribution < 1.29 is 5.11 Å². The monoisotopic (exact) mass is 164 g/mol. The summed E-state index contributed by atoms with van der Waals surface area (Å²) in [5.74, 6) is 0.797. The van der Waals surface area contributed by atoms with E-state index in [-0.39, 0.29) is 6.61 Å². The Morgan fingerprint density at radius 3 is 2.67 bits per heavy atom. The minimum atomic E-state index is 0.255. The normalized spacial score (nSPS) is 27.5. The number of aliphatic hydroxyl groups excluding tert-OH is 1. The van der Waals surface area contributed by atoms with Gasteiger partial charge in [-0.2, -0.15) is 0 Å². The zero-order valence-electron chi connectivity index (χ0n) is 7.96. The van der Waals surface area contributed by atoms with Crippen molar-refractivity contribution in [2.75, 3.05) is 6.61 Å². The largest absolute Gasteiger partial charge is 0.396 e. The molecule has 12 heavy (non-hydrogen) atoms. The van der Waals surface area contributed by atoms with E-state index in [9.17, 15) is 0 Å². The predicted molar refractivity (Wildman–Crippen MR) is 50.8 cm³/mol. The molecule has 2 unspecified atom stereocenters. The van der Waals surface area contributed by atoms with Gasteiger partial charge in [0, 0.05) is 11.8 Å². The smallest absolute Gasteiger partial charge is 0.0511 e. The van der Waals surface area contributed by atoms with Gasteiger partial charge >= 0.3 is 0 Å². The zero-order chi connectivity index (χ0) is 9.14. The van der Waals surface area contributed by atoms with Gasteiger partial charge in [-0.05, 0) is 31.9 Å². The standard InChI is InChI=1S/C11H16O/c1-4-5-9-10(6-8(2)3)11(9)7-12/h4-5,9,11-12H,7H2,1-3H3/b5-4+. The molecule has 0 aromatic rings. The van der Waals surface area contributed by atoms with Crippen LogP contribution >= 0.6 is 0 Å². The lowest BCUT2D eigenvalue weighted by molar-refractivity contribution is 0.276. The third-order valence-electron chi connectivity index (χ3n) is 2.07. The molecule has 0 bridgehead atoms. The van der Waals surface area contributed by atoms with Crippen molar-refractivity contribution in [3.63, 3.8) is 0 Å². The first kappa shape index (κ1) is 9.31. The van der Waals surface area contributed by atoms with Crippen LogP contribution in [0.3, 0.4) is 0 Å². The quantitative estimate of drug-likeness (QED) is 0.490. The third kappa shape index (κ3) is 1.88. The summed E-state index contributed by atoms with van der Waals surface area (Å²) in [4.78, 5) is 0. The van der Waals surface area contributed by atoms with Crippen molar-refractivity contribution in [3.05, 3.63) is 29.0 Å². The lowest BCUT2D eigenvalue weighted by atomic mass is 10.3. The second-order valence-electron chi connectivity index (χ2n) is 3.42. The van der Waals surface area contributed by atoms with Crippen LogP contribution in [0.15, 0.2) is 29.0 Å². The number of hydrogen-bond donors (Lipinski definition) is 1. The fourth-order valence-electron chi connectivity index (χ4n) is 1.46. The molecule has 0 heterocycles. The number of aliphatic hydroxyl groups is 1. The van der Waals surface area contributed by atoms with Gasteiger partial charge in [0.2, 0.25) is 0 Å². The van der Waals surface area contributed by atoms with Crippen LogP contribution < -0.4 is 0 Å². The summed E-state index contributed by atoms with van der Waals surface area (Å²) in [7, 11) is 0. The van der Waals surface area contributed by atoms with E-state index < -0.39 is 0 Å². The predicted octanol–water partition coefficient (Wildman–Crippen LogP) is 2.29. The molecule has 1 aliphatic rings. The van der Waals surface area contributed by atoms with Crippen molar-refractivity contribution in [1.82, 2.24) is 0 Å². The van der Waals surface area contributed by atoms with E-state index in [1.54, 1.807) is 0 Å². The molecular weight excluding hydrogens is 148 g/mol. The maximum absolute atomic E-state index is 8.98. The Hall–Kier alpha value is -0.780. The summed E-state index contributed by atoms with van der Waals surface area (Å²) in [6.07, 6.45) is 4.17. The van der Waals surface area contributed by atoms with Crippen molar-refractivity contribution in [2.24, 2.45) is 11.8 Å². The lowest BCUT2D eigenvalue weighted by Gasteiger charge is -1.81. The third-order valence-corrected chi connectivity index (χ3v) is 2.07. The number of rotatable bonds is 2. The van der Waals surface area contributed by atoms with Crippen LogP contribution in [0.4, 0.5) is 0 Å². The molecule has 0 spiro atoms. The Labute approximate surface area is 74.1 Å². The fraction of sp³-hybridized carbons (Fsp3) is 0.545. The second-order valence-corrected chi connectivity index (χ2v) is 3.42.